The van der Waals surface area contributed by atoms with Crippen LogP contribution in [-0.4, -0.2) is 26.3 Å². The van der Waals surface area contributed by atoms with Gasteiger partial charge in [0, 0.05) is 13.2 Å². The first kappa shape index (κ1) is 14.7. The molecule has 90 valence electrons. The molecule has 0 aliphatic carbocycles. The first-order valence-electron chi connectivity index (χ1n) is 6.16. The molecule has 2 heteroatoms. The average molecular weight is 213 g/mol. The summed E-state index contributed by atoms with van der Waals surface area (Å²) in [6.07, 6.45) is 6.50. The molecule has 0 unspecified atom stereocenters. The van der Waals surface area contributed by atoms with E-state index in [1.54, 1.807) is 0 Å². The van der Waals surface area contributed by atoms with Crippen molar-refractivity contribution < 1.29 is 4.74 Å². The highest BCUT2D eigenvalue weighted by Crippen LogP contribution is 1.94. The van der Waals surface area contributed by atoms with Gasteiger partial charge in [-0.3, -0.25) is 0 Å². The molecule has 0 atom stereocenters. The molecular weight excluding hydrogens is 186 g/mol. The third kappa shape index (κ3) is 13.7. The van der Waals surface area contributed by atoms with Crippen molar-refractivity contribution in [3.8, 4) is 0 Å². The standard InChI is InChI=1S/C13H27NO/c1-4-5-7-10-15-11-8-6-9-14-12-13(2)3/h4,13-14H,1,5-12H2,2-3H3. The zero-order valence-electron chi connectivity index (χ0n) is 10.4. The van der Waals surface area contributed by atoms with E-state index >= 15 is 0 Å². The Morgan fingerprint density at radius 2 is 1.93 bits per heavy atom. The van der Waals surface area contributed by atoms with E-state index in [0.29, 0.717) is 0 Å². The summed E-state index contributed by atoms with van der Waals surface area (Å²) < 4.78 is 5.49. The highest BCUT2D eigenvalue weighted by Gasteiger charge is 1.93. The Labute approximate surface area is 95.1 Å². The molecule has 2 nitrogen and oxygen atoms in total. The first-order chi connectivity index (χ1) is 7.27. The summed E-state index contributed by atoms with van der Waals surface area (Å²) >= 11 is 0. The Balaban J connectivity index is 2.89. The van der Waals surface area contributed by atoms with Gasteiger partial charge in [0.1, 0.15) is 0 Å². The van der Waals surface area contributed by atoms with Crippen molar-refractivity contribution in [2.24, 2.45) is 5.92 Å². The van der Waals surface area contributed by atoms with Gasteiger partial charge in [-0.05, 0) is 44.7 Å². The fraction of sp³-hybridized carbons (Fsp3) is 0.846. The van der Waals surface area contributed by atoms with Crippen molar-refractivity contribution >= 4 is 0 Å². The molecule has 0 aromatic rings. The fourth-order valence-corrected chi connectivity index (χ4v) is 1.28. The van der Waals surface area contributed by atoms with Crippen LogP contribution in [-0.2, 0) is 4.74 Å². The van der Waals surface area contributed by atoms with Gasteiger partial charge in [0.25, 0.3) is 0 Å². The molecule has 0 bridgehead atoms. The zero-order chi connectivity index (χ0) is 11.4. The van der Waals surface area contributed by atoms with Crippen molar-refractivity contribution in [2.45, 2.75) is 39.5 Å². The monoisotopic (exact) mass is 213 g/mol. The van der Waals surface area contributed by atoms with Gasteiger partial charge >= 0.3 is 0 Å². The van der Waals surface area contributed by atoms with Crippen LogP contribution in [0.2, 0.25) is 0 Å². The second kappa shape index (κ2) is 11.7. The lowest BCUT2D eigenvalue weighted by Crippen LogP contribution is -2.20. The average Bonchev–Trinajstić information content (AvgIpc) is 2.20. The van der Waals surface area contributed by atoms with E-state index < -0.39 is 0 Å². The van der Waals surface area contributed by atoms with Crippen molar-refractivity contribution in [3.05, 3.63) is 12.7 Å². The van der Waals surface area contributed by atoms with Crippen LogP contribution in [0.5, 0.6) is 0 Å². The minimum absolute atomic E-state index is 0.750. The Kier molecular flexibility index (Phi) is 11.5. The minimum atomic E-state index is 0.750. The number of ether oxygens (including phenoxy) is 1. The van der Waals surface area contributed by atoms with Crippen LogP contribution in [0, 0.1) is 5.92 Å². The van der Waals surface area contributed by atoms with Crippen LogP contribution >= 0.6 is 0 Å². The Morgan fingerprint density at radius 3 is 2.60 bits per heavy atom. The van der Waals surface area contributed by atoms with Gasteiger partial charge in [0.05, 0.1) is 0 Å². The lowest BCUT2D eigenvalue weighted by molar-refractivity contribution is 0.128. The van der Waals surface area contributed by atoms with Crippen LogP contribution in [0.4, 0.5) is 0 Å². The second-order valence-corrected chi connectivity index (χ2v) is 4.35. The fourth-order valence-electron chi connectivity index (χ4n) is 1.28. The molecule has 0 aliphatic rings. The molecule has 0 spiro atoms. The second-order valence-electron chi connectivity index (χ2n) is 4.35. The van der Waals surface area contributed by atoms with Gasteiger partial charge in [0.15, 0.2) is 0 Å². The molecule has 0 saturated carbocycles. The van der Waals surface area contributed by atoms with E-state index in [1.165, 1.54) is 12.8 Å². The quantitative estimate of drug-likeness (QED) is 0.421. The summed E-state index contributed by atoms with van der Waals surface area (Å²) in [6, 6.07) is 0. The highest BCUT2D eigenvalue weighted by molar-refractivity contribution is 4.64. The molecule has 0 amide bonds. The van der Waals surface area contributed by atoms with Crippen LogP contribution in [0.3, 0.4) is 0 Å². The summed E-state index contributed by atoms with van der Waals surface area (Å²) in [4.78, 5) is 0. The van der Waals surface area contributed by atoms with Crippen LogP contribution in [0.15, 0.2) is 12.7 Å². The van der Waals surface area contributed by atoms with Crippen LogP contribution in [0.25, 0.3) is 0 Å². The predicted molar refractivity (Wildman–Crippen MR) is 67.2 cm³/mol. The third-order valence-corrected chi connectivity index (χ3v) is 2.14. The van der Waals surface area contributed by atoms with Gasteiger partial charge in [-0.15, -0.1) is 6.58 Å². The van der Waals surface area contributed by atoms with Crippen molar-refractivity contribution in [2.75, 3.05) is 26.3 Å². The van der Waals surface area contributed by atoms with E-state index in [4.69, 9.17) is 4.74 Å². The Bertz CT molecular complexity index is 134. The highest BCUT2D eigenvalue weighted by atomic mass is 16.5. The maximum absolute atomic E-state index is 5.49. The summed E-state index contributed by atoms with van der Waals surface area (Å²) in [7, 11) is 0. The summed E-state index contributed by atoms with van der Waals surface area (Å²) in [6.45, 7) is 12.2. The normalized spacial score (nSPS) is 10.9. The predicted octanol–water partition coefficient (Wildman–Crippen LogP) is 3.00. The van der Waals surface area contributed by atoms with Crippen molar-refractivity contribution in [3.63, 3.8) is 0 Å². The Hall–Kier alpha value is -0.340. The minimum Gasteiger partial charge on any atom is -0.381 e. The molecule has 1 N–H and O–H groups in total. The molecule has 0 rings (SSSR count). The van der Waals surface area contributed by atoms with E-state index in [2.05, 4.69) is 25.7 Å². The van der Waals surface area contributed by atoms with E-state index in [-0.39, 0.29) is 0 Å². The lowest BCUT2D eigenvalue weighted by Gasteiger charge is -2.07. The maximum atomic E-state index is 5.49. The third-order valence-electron chi connectivity index (χ3n) is 2.14. The SMILES string of the molecule is C=CCCCOCCCCNCC(C)C. The molecule has 0 aromatic carbocycles. The van der Waals surface area contributed by atoms with Crippen LogP contribution < -0.4 is 5.32 Å². The zero-order valence-corrected chi connectivity index (χ0v) is 10.4. The van der Waals surface area contributed by atoms with Gasteiger partial charge in [-0.1, -0.05) is 19.9 Å². The van der Waals surface area contributed by atoms with E-state index in [9.17, 15) is 0 Å². The maximum Gasteiger partial charge on any atom is 0.0468 e. The van der Waals surface area contributed by atoms with Crippen molar-refractivity contribution in [1.82, 2.24) is 5.32 Å². The molecule has 0 radical (unpaired) electrons. The molecule has 0 aliphatic heterocycles. The molecule has 0 aromatic heterocycles. The van der Waals surface area contributed by atoms with Gasteiger partial charge < -0.3 is 10.1 Å². The smallest absolute Gasteiger partial charge is 0.0468 e. The molecule has 0 saturated heterocycles. The molecule has 15 heavy (non-hydrogen) atoms. The van der Waals surface area contributed by atoms with Gasteiger partial charge in [-0.25, -0.2) is 0 Å². The number of unbranched alkanes of at least 4 members (excludes halogenated alkanes) is 2. The summed E-state index contributed by atoms with van der Waals surface area (Å²) in [5.74, 6) is 0.750. The van der Waals surface area contributed by atoms with Crippen LogP contribution in [0.1, 0.15) is 39.5 Å². The number of hydrogen-bond donors (Lipinski definition) is 1. The topological polar surface area (TPSA) is 21.3 Å². The number of allylic oxidation sites excluding steroid dienone is 1. The Morgan fingerprint density at radius 1 is 1.20 bits per heavy atom. The largest absolute Gasteiger partial charge is 0.381 e. The molecular formula is C13H27NO. The summed E-state index contributed by atoms with van der Waals surface area (Å²) in [5, 5.41) is 3.43. The van der Waals surface area contributed by atoms with Crippen molar-refractivity contribution in [1.29, 1.82) is 0 Å². The summed E-state index contributed by atoms with van der Waals surface area (Å²) in [5.41, 5.74) is 0. The first-order valence-corrected chi connectivity index (χ1v) is 6.16. The van der Waals surface area contributed by atoms with E-state index in [1.807, 2.05) is 6.08 Å². The van der Waals surface area contributed by atoms with Gasteiger partial charge in [-0.2, -0.15) is 0 Å². The molecule has 0 heterocycles. The number of rotatable bonds is 11. The van der Waals surface area contributed by atoms with Gasteiger partial charge in [0.2, 0.25) is 0 Å². The number of nitrogens with one attached hydrogen (secondary N) is 1. The lowest BCUT2D eigenvalue weighted by atomic mass is 10.2. The number of hydrogen-bond acceptors (Lipinski definition) is 2. The van der Waals surface area contributed by atoms with E-state index in [0.717, 1.165) is 45.1 Å². The molecule has 0 fully saturated rings.